The molecule has 28 heavy (non-hydrogen) atoms. The molecule has 0 aliphatic rings. The van der Waals surface area contributed by atoms with Crippen molar-refractivity contribution < 1.29 is 14.3 Å². The molecule has 3 aromatic rings. The van der Waals surface area contributed by atoms with E-state index in [2.05, 4.69) is 25.6 Å². The van der Waals surface area contributed by atoms with Crippen molar-refractivity contribution in [1.82, 2.24) is 20.3 Å². The molecule has 0 aliphatic carbocycles. The predicted octanol–water partition coefficient (Wildman–Crippen LogP) is 2.43. The Morgan fingerprint density at radius 1 is 0.929 bits per heavy atom. The summed E-state index contributed by atoms with van der Waals surface area (Å²) >= 11 is 0. The van der Waals surface area contributed by atoms with E-state index in [0.29, 0.717) is 36.1 Å². The molecule has 0 saturated carbocycles. The lowest BCUT2D eigenvalue weighted by Gasteiger charge is -2.10. The number of rotatable bonds is 8. The molecule has 2 heterocycles. The molecule has 0 saturated heterocycles. The number of methoxy groups -OCH3 is 2. The van der Waals surface area contributed by atoms with Crippen LogP contribution < -0.4 is 20.1 Å². The first-order chi connectivity index (χ1) is 13.7. The number of nitrogens with one attached hydrogen (secondary N) is 2. The van der Waals surface area contributed by atoms with Gasteiger partial charge in [-0.15, -0.1) is 0 Å². The SMILES string of the molecule is COc1ccc(CNC(=O)c2cnc(NCc3ccncc3)nc2)cc1OC. The summed E-state index contributed by atoms with van der Waals surface area (Å²) in [7, 11) is 3.15. The van der Waals surface area contributed by atoms with Crippen LogP contribution in [0.1, 0.15) is 21.5 Å². The number of aromatic nitrogens is 3. The fourth-order valence-corrected chi connectivity index (χ4v) is 2.49. The fourth-order valence-electron chi connectivity index (χ4n) is 2.49. The molecule has 2 N–H and O–H groups in total. The molecule has 0 aliphatic heterocycles. The van der Waals surface area contributed by atoms with Gasteiger partial charge in [0.25, 0.3) is 5.91 Å². The number of hydrogen-bond acceptors (Lipinski definition) is 7. The normalized spacial score (nSPS) is 10.2. The van der Waals surface area contributed by atoms with Crippen molar-refractivity contribution in [2.24, 2.45) is 0 Å². The van der Waals surface area contributed by atoms with E-state index in [0.717, 1.165) is 11.1 Å². The Kier molecular flexibility index (Phi) is 6.35. The number of anilines is 1. The van der Waals surface area contributed by atoms with Crippen LogP contribution in [0.3, 0.4) is 0 Å². The fraction of sp³-hybridized carbons (Fsp3) is 0.200. The van der Waals surface area contributed by atoms with Crippen LogP contribution in [0.4, 0.5) is 5.95 Å². The second-order valence-corrected chi connectivity index (χ2v) is 5.88. The third-order valence-electron chi connectivity index (χ3n) is 4.02. The highest BCUT2D eigenvalue weighted by molar-refractivity contribution is 5.93. The largest absolute Gasteiger partial charge is 0.493 e. The van der Waals surface area contributed by atoms with Crippen molar-refractivity contribution >= 4 is 11.9 Å². The Hall–Kier alpha value is -3.68. The van der Waals surface area contributed by atoms with Crippen LogP contribution in [0, 0.1) is 0 Å². The number of carbonyl (C=O) groups is 1. The van der Waals surface area contributed by atoms with Crippen molar-refractivity contribution in [3.8, 4) is 11.5 Å². The summed E-state index contributed by atoms with van der Waals surface area (Å²) in [4.78, 5) is 24.7. The van der Waals surface area contributed by atoms with E-state index in [4.69, 9.17) is 9.47 Å². The highest BCUT2D eigenvalue weighted by atomic mass is 16.5. The van der Waals surface area contributed by atoms with E-state index in [1.54, 1.807) is 32.7 Å². The number of carbonyl (C=O) groups excluding carboxylic acids is 1. The van der Waals surface area contributed by atoms with Gasteiger partial charge in [-0.3, -0.25) is 9.78 Å². The summed E-state index contributed by atoms with van der Waals surface area (Å²) in [6.45, 7) is 0.925. The second-order valence-electron chi connectivity index (χ2n) is 5.88. The molecule has 1 amide bonds. The van der Waals surface area contributed by atoms with Gasteiger partial charge in [-0.1, -0.05) is 6.07 Å². The molecule has 0 bridgehead atoms. The van der Waals surface area contributed by atoms with Crippen molar-refractivity contribution in [3.05, 3.63) is 71.8 Å². The Balaban J connectivity index is 1.54. The summed E-state index contributed by atoms with van der Waals surface area (Å²) in [6.07, 6.45) is 6.44. The maximum Gasteiger partial charge on any atom is 0.254 e. The molecule has 2 aromatic heterocycles. The summed E-state index contributed by atoms with van der Waals surface area (Å²) in [5.74, 6) is 1.45. The number of amides is 1. The maximum absolute atomic E-state index is 12.3. The predicted molar refractivity (Wildman–Crippen MR) is 104 cm³/mol. The summed E-state index contributed by atoms with van der Waals surface area (Å²) in [5.41, 5.74) is 2.34. The first-order valence-corrected chi connectivity index (χ1v) is 8.63. The van der Waals surface area contributed by atoms with Gasteiger partial charge in [0.2, 0.25) is 5.95 Å². The quantitative estimate of drug-likeness (QED) is 0.620. The zero-order chi connectivity index (χ0) is 19.8. The van der Waals surface area contributed by atoms with Gasteiger partial charge in [-0.05, 0) is 35.4 Å². The molecule has 0 atom stereocenters. The smallest absolute Gasteiger partial charge is 0.254 e. The molecule has 144 valence electrons. The molecular weight excluding hydrogens is 358 g/mol. The highest BCUT2D eigenvalue weighted by Crippen LogP contribution is 2.27. The Morgan fingerprint density at radius 2 is 1.64 bits per heavy atom. The minimum absolute atomic E-state index is 0.254. The number of ether oxygens (including phenoxy) is 2. The lowest BCUT2D eigenvalue weighted by molar-refractivity contribution is 0.0950. The van der Waals surface area contributed by atoms with Crippen LogP contribution in [0.2, 0.25) is 0 Å². The van der Waals surface area contributed by atoms with Gasteiger partial charge < -0.3 is 20.1 Å². The maximum atomic E-state index is 12.3. The van der Waals surface area contributed by atoms with Gasteiger partial charge in [0.15, 0.2) is 11.5 Å². The summed E-state index contributed by atoms with van der Waals surface area (Å²) in [5, 5.41) is 5.94. The monoisotopic (exact) mass is 379 g/mol. The highest BCUT2D eigenvalue weighted by Gasteiger charge is 2.09. The topological polar surface area (TPSA) is 98.3 Å². The molecule has 8 nitrogen and oxygen atoms in total. The molecule has 0 fully saturated rings. The number of benzene rings is 1. The third-order valence-corrected chi connectivity index (χ3v) is 4.02. The second kappa shape index (κ2) is 9.31. The zero-order valence-corrected chi connectivity index (χ0v) is 15.7. The average molecular weight is 379 g/mol. The van der Waals surface area contributed by atoms with Crippen LogP contribution in [-0.2, 0) is 13.1 Å². The van der Waals surface area contributed by atoms with E-state index in [1.807, 2.05) is 24.3 Å². The summed E-state index contributed by atoms with van der Waals surface area (Å²) < 4.78 is 10.5. The van der Waals surface area contributed by atoms with Gasteiger partial charge in [0.05, 0.1) is 19.8 Å². The Morgan fingerprint density at radius 3 is 2.32 bits per heavy atom. The number of pyridine rings is 1. The molecule has 8 heteroatoms. The lowest BCUT2D eigenvalue weighted by Crippen LogP contribution is -2.23. The van der Waals surface area contributed by atoms with E-state index >= 15 is 0 Å². The van der Waals surface area contributed by atoms with Gasteiger partial charge in [-0.2, -0.15) is 0 Å². The first kappa shape index (κ1) is 19.1. The van der Waals surface area contributed by atoms with Crippen LogP contribution in [0.25, 0.3) is 0 Å². The van der Waals surface area contributed by atoms with Gasteiger partial charge in [0, 0.05) is 37.9 Å². The van der Waals surface area contributed by atoms with Crippen LogP contribution in [0.5, 0.6) is 11.5 Å². The molecule has 1 aromatic carbocycles. The number of hydrogen-bond donors (Lipinski definition) is 2. The number of nitrogens with zero attached hydrogens (tertiary/aromatic N) is 3. The van der Waals surface area contributed by atoms with Crippen LogP contribution in [0.15, 0.2) is 55.1 Å². The van der Waals surface area contributed by atoms with Crippen molar-refractivity contribution in [3.63, 3.8) is 0 Å². The first-order valence-electron chi connectivity index (χ1n) is 8.63. The Bertz CT molecular complexity index is 917. The third kappa shape index (κ3) is 4.94. The molecule has 0 radical (unpaired) electrons. The van der Waals surface area contributed by atoms with Gasteiger partial charge in [0.1, 0.15) is 0 Å². The van der Waals surface area contributed by atoms with Crippen LogP contribution >= 0.6 is 0 Å². The van der Waals surface area contributed by atoms with Gasteiger partial charge in [-0.25, -0.2) is 9.97 Å². The van der Waals surface area contributed by atoms with Gasteiger partial charge >= 0.3 is 0 Å². The lowest BCUT2D eigenvalue weighted by atomic mass is 10.2. The Labute approximate surface area is 163 Å². The average Bonchev–Trinajstić information content (AvgIpc) is 2.76. The molecule has 3 rings (SSSR count). The van der Waals surface area contributed by atoms with Crippen molar-refractivity contribution in [1.29, 1.82) is 0 Å². The summed E-state index contributed by atoms with van der Waals surface area (Å²) in [6, 6.07) is 9.30. The minimum atomic E-state index is -0.254. The van der Waals surface area contributed by atoms with E-state index in [9.17, 15) is 4.79 Å². The van der Waals surface area contributed by atoms with Crippen molar-refractivity contribution in [2.45, 2.75) is 13.1 Å². The van der Waals surface area contributed by atoms with E-state index in [1.165, 1.54) is 12.4 Å². The van der Waals surface area contributed by atoms with E-state index in [-0.39, 0.29) is 5.91 Å². The molecule has 0 spiro atoms. The van der Waals surface area contributed by atoms with E-state index < -0.39 is 0 Å². The molecular formula is C20H21N5O3. The standard InChI is InChI=1S/C20H21N5O3/c1-27-17-4-3-15(9-18(17)28-2)11-22-19(26)16-12-24-20(25-13-16)23-10-14-5-7-21-8-6-14/h3-9,12-13H,10-11H2,1-2H3,(H,22,26)(H,23,24,25). The minimum Gasteiger partial charge on any atom is -0.493 e. The zero-order valence-electron chi connectivity index (χ0n) is 15.7. The van der Waals surface area contributed by atoms with Crippen LogP contribution in [-0.4, -0.2) is 35.1 Å². The molecule has 0 unspecified atom stereocenters. The van der Waals surface area contributed by atoms with Crippen molar-refractivity contribution in [2.75, 3.05) is 19.5 Å².